The number of rotatable bonds is 2. The van der Waals surface area contributed by atoms with E-state index in [2.05, 4.69) is 4.98 Å². The fourth-order valence-corrected chi connectivity index (χ4v) is 1.16. The minimum atomic E-state index is 0.618. The Morgan fingerprint density at radius 2 is 2.25 bits per heavy atom. The Morgan fingerprint density at radius 1 is 1.33 bits per heavy atom. The first-order valence-electron chi connectivity index (χ1n) is 3.60. The molecule has 0 amide bonds. The molecular weight excluding hydrogens is 153 g/mol. The Morgan fingerprint density at radius 3 is 3.08 bits per heavy atom. The number of aromatic amines is 1. The standard InChI is InChI=1S/C8H7BNO2/c11-9-12-7-2-1-6-3-4-10-8(6)5-7/h1-5,10-11H. The fraction of sp³-hybridized carbons (Fsp3) is 0. The van der Waals surface area contributed by atoms with Gasteiger partial charge in [0.2, 0.25) is 0 Å². The molecule has 1 aromatic heterocycles. The number of H-pyrrole nitrogens is 1. The summed E-state index contributed by atoms with van der Waals surface area (Å²) in [6, 6.07) is 7.51. The average molecular weight is 160 g/mol. The van der Waals surface area contributed by atoms with E-state index >= 15 is 0 Å². The van der Waals surface area contributed by atoms with Gasteiger partial charge in [0.1, 0.15) is 5.75 Å². The minimum Gasteiger partial charge on any atom is -0.537 e. The van der Waals surface area contributed by atoms with Gasteiger partial charge in [0.15, 0.2) is 0 Å². The van der Waals surface area contributed by atoms with E-state index in [1.807, 2.05) is 24.4 Å². The molecule has 0 unspecified atom stereocenters. The smallest absolute Gasteiger partial charge is 0.537 e. The lowest BCUT2D eigenvalue weighted by molar-refractivity contribution is 0.454. The maximum Gasteiger partial charge on any atom is 0.569 e. The molecule has 0 aliphatic heterocycles. The summed E-state index contributed by atoms with van der Waals surface area (Å²) in [6.07, 6.45) is 1.86. The van der Waals surface area contributed by atoms with E-state index in [0.717, 1.165) is 10.9 Å². The van der Waals surface area contributed by atoms with E-state index in [1.165, 1.54) is 0 Å². The first-order chi connectivity index (χ1) is 5.90. The highest BCUT2D eigenvalue weighted by molar-refractivity contribution is 6.17. The van der Waals surface area contributed by atoms with Crippen LogP contribution in [0.2, 0.25) is 0 Å². The third kappa shape index (κ3) is 1.17. The second-order valence-corrected chi connectivity index (χ2v) is 2.45. The molecule has 0 bridgehead atoms. The molecule has 1 aromatic carbocycles. The van der Waals surface area contributed by atoms with Gasteiger partial charge in [0.05, 0.1) is 0 Å². The Balaban J connectivity index is 2.46. The van der Waals surface area contributed by atoms with Crippen LogP contribution in [0.25, 0.3) is 10.9 Å². The van der Waals surface area contributed by atoms with Gasteiger partial charge < -0.3 is 14.7 Å². The van der Waals surface area contributed by atoms with Crippen molar-refractivity contribution in [3.05, 3.63) is 30.5 Å². The summed E-state index contributed by atoms with van der Waals surface area (Å²) in [6.45, 7) is 0. The lowest BCUT2D eigenvalue weighted by Crippen LogP contribution is -1.99. The lowest BCUT2D eigenvalue weighted by atomic mass is 10.2. The summed E-state index contributed by atoms with van der Waals surface area (Å²) >= 11 is 0. The van der Waals surface area contributed by atoms with Gasteiger partial charge in [-0.1, -0.05) is 0 Å². The van der Waals surface area contributed by atoms with Gasteiger partial charge >= 0.3 is 7.69 Å². The first kappa shape index (κ1) is 7.25. The number of aromatic nitrogens is 1. The molecule has 0 atom stereocenters. The van der Waals surface area contributed by atoms with Crippen molar-refractivity contribution in [3.63, 3.8) is 0 Å². The number of nitrogens with one attached hydrogen (secondary N) is 1. The van der Waals surface area contributed by atoms with E-state index in [1.54, 1.807) is 6.07 Å². The lowest BCUT2D eigenvalue weighted by Gasteiger charge is -1.99. The predicted octanol–water partition coefficient (Wildman–Crippen LogP) is 1.07. The van der Waals surface area contributed by atoms with E-state index in [-0.39, 0.29) is 0 Å². The number of fused-ring (bicyclic) bond motifs is 1. The molecular formula is C8H7BNO2. The van der Waals surface area contributed by atoms with Gasteiger partial charge in [0.25, 0.3) is 0 Å². The zero-order valence-corrected chi connectivity index (χ0v) is 6.32. The first-order valence-corrected chi connectivity index (χ1v) is 3.60. The molecule has 0 fully saturated rings. The summed E-state index contributed by atoms with van der Waals surface area (Å²) in [5, 5.41) is 9.51. The Hall–Kier alpha value is -1.42. The SMILES string of the molecule is O[B]Oc1ccc2cc[nH]c2c1. The largest absolute Gasteiger partial charge is 0.569 e. The Bertz CT molecular complexity index is 385. The molecule has 2 aromatic rings. The van der Waals surface area contributed by atoms with E-state index in [9.17, 15) is 0 Å². The zero-order valence-electron chi connectivity index (χ0n) is 6.32. The third-order valence-corrected chi connectivity index (χ3v) is 1.72. The number of benzene rings is 1. The monoisotopic (exact) mass is 160 g/mol. The maximum atomic E-state index is 8.38. The van der Waals surface area contributed by atoms with E-state index < -0.39 is 0 Å². The van der Waals surface area contributed by atoms with Crippen LogP contribution in [0.3, 0.4) is 0 Å². The molecule has 3 nitrogen and oxygen atoms in total. The van der Waals surface area contributed by atoms with Crippen LogP contribution < -0.4 is 4.65 Å². The van der Waals surface area contributed by atoms with Crippen LogP contribution in [-0.2, 0) is 0 Å². The van der Waals surface area contributed by atoms with Gasteiger partial charge in [-0.3, -0.25) is 0 Å². The second kappa shape index (κ2) is 2.91. The molecule has 2 rings (SSSR count). The number of hydrogen-bond acceptors (Lipinski definition) is 2. The molecule has 1 heterocycles. The molecule has 0 saturated carbocycles. The molecule has 59 valence electrons. The molecule has 0 saturated heterocycles. The minimum absolute atomic E-state index is 0.618. The summed E-state index contributed by atoms with van der Waals surface area (Å²) in [4.78, 5) is 3.04. The van der Waals surface area contributed by atoms with Crippen molar-refractivity contribution >= 4 is 18.6 Å². The van der Waals surface area contributed by atoms with Crippen LogP contribution in [0, 0.1) is 0 Å². The van der Waals surface area contributed by atoms with Crippen molar-refractivity contribution in [2.45, 2.75) is 0 Å². The van der Waals surface area contributed by atoms with Crippen LogP contribution in [0.5, 0.6) is 5.75 Å². The van der Waals surface area contributed by atoms with Crippen molar-refractivity contribution in [1.29, 1.82) is 0 Å². The molecule has 2 N–H and O–H groups in total. The topological polar surface area (TPSA) is 45.2 Å². The van der Waals surface area contributed by atoms with Gasteiger partial charge in [0, 0.05) is 17.8 Å². The molecule has 0 aliphatic rings. The average Bonchev–Trinajstić information content (AvgIpc) is 2.51. The Kier molecular flexibility index (Phi) is 1.76. The van der Waals surface area contributed by atoms with Crippen molar-refractivity contribution < 1.29 is 9.68 Å². The summed E-state index contributed by atoms with van der Waals surface area (Å²) < 4.78 is 4.79. The highest BCUT2D eigenvalue weighted by atomic mass is 16.5. The quantitative estimate of drug-likeness (QED) is 0.645. The normalized spacial score (nSPS) is 10.1. The van der Waals surface area contributed by atoms with Gasteiger partial charge in [-0.05, 0) is 23.6 Å². The molecule has 0 spiro atoms. The zero-order chi connectivity index (χ0) is 8.39. The van der Waals surface area contributed by atoms with Gasteiger partial charge in [-0.2, -0.15) is 0 Å². The van der Waals surface area contributed by atoms with Crippen LogP contribution in [-0.4, -0.2) is 17.7 Å². The third-order valence-electron chi connectivity index (χ3n) is 1.72. The van der Waals surface area contributed by atoms with Crippen LogP contribution in [0.4, 0.5) is 0 Å². The van der Waals surface area contributed by atoms with Crippen LogP contribution in [0.15, 0.2) is 30.5 Å². The van der Waals surface area contributed by atoms with E-state index in [4.69, 9.17) is 9.68 Å². The molecule has 4 heteroatoms. The Labute approximate surface area is 70.3 Å². The second-order valence-electron chi connectivity index (χ2n) is 2.45. The van der Waals surface area contributed by atoms with E-state index in [0.29, 0.717) is 13.4 Å². The van der Waals surface area contributed by atoms with Crippen molar-refractivity contribution in [3.8, 4) is 5.75 Å². The fourth-order valence-electron chi connectivity index (χ4n) is 1.16. The summed E-state index contributed by atoms with van der Waals surface area (Å²) in [5.74, 6) is 0.618. The van der Waals surface area contributed by atoms with Crippen LogP contribution in [0.1, 0.15) is 0 Å². The number of hydrogen-bond donors (Lipinski definition) is 2. The van der Waals surface area contributed by atoms with Gasteiger partial charge in [-0.25, -0.2) is 0 Å². The van der Waals surface area contributed by atoms with Crippen molar-refractivity contribution in [2.75, 3.05) is 0 Å². The molecule has 1 radical (unpaired) electrons. The van der Waals surface area contributed by atoms with Gasteiger partial charge in [-0.15, -0.1) is 0 Å². The highest BCUT2D eigenvalue weighted by Gasteiger charge is 1.97. The maximum absolute atomic E-state index is 8.38. The van der Waals surface area contributed by atoms with Crippen molar-refractivity contribution in [2.24, 2.45) is 0 Å². The highest BCUT2D eigenvalue weighted by Crippen LogP contribution is 2.18. The predicted molar refractivity (Wildman–Crippen MR) is 46.9 cm³/mol. The molecule has 0 aliphatic carbocycles. The molecule has 12 heavy (non-hydrogen) atoms. The van der Waals surface area contributed by atoms with Crippen LogP contribution >= 0.6 is 0 Å². The summed E-state index contributed by atoms with van der Waals surface area (Å²) in [5.41, 5.74) is 0.995. The van der Waals surface area contributed by atoms with Crippen molar-refractivity contribution in [1.82, 2.24) is 4.98 Å². The summed E-state index contributed by atoms with van der Waals surface area (Å²) in [7, 11) is 0.671.